The summed E-state index contributed by atoms with van der Waals surface area (Å²) < 4.78 is 1.82. The first kappa shape index (κ1) is 16.9. The number of hydrogen-bond donors (Lipinski definition) is 2. The molecule has 0 saturated carbocycles. The molecule has 6 nitrogen and oxygen atoms in total. The van der Waals surface area contributed by atoms with E-state index in [0.29, 0.717) is 16.4 Å². The first-order chi connectivity index (χ1) is 12.1. The van der Waals surface area contributed by atoms with Crippen molar-refractivity contribution in [2.75, 3.05) is 11.1 Å². The predicted molar refractivity (Wildman–Crippen MR) is 95.9 cm³/mol. The van der Waals surface area contributed by atoms with Gasteiger partial charge < -0.3 is 5.32 Å². The Kier molecular flexibility index (Phi) is 5.25. The second kappa shape index (κ2) is 7.76. The van der Waals surface area contributed by atoms with Gasteiger partial charge in [0, 0.05) is 11.3 Å². The van der Waals surface area contributed by atoms with Gasteiger partial charge in [0.2, 0.25) is 12.2 Å². The topological polar surface area (TPSA) is 78.7 Å². The van der Waals surface area contributed by atoms with Gasteiger partial charge in [-0.25, -0.2) is 0 Å². The molecule has 3 rings (SSSR count). The SMILES string of the molecule is CC(=O)c1ccc(NC(=O)CSc2nc[nH][n+]2-c2ccccc2)cc1. The molecule has 0 bridgehead atoms. The van der Waals surface area contributed by atoms with Crippen molar-refractivity contribution in [1.29, 1.82) is 0 Å². The smallest absolute Gasteiger partial charge is 0.325 e. The average Bonchev–Trinajstić information content (AvgIpc) is 3.10. The molecule has 0 spiro atoms. The maximum atomic E-state index is 12.1. The Morgan fingerprint density at radius 2 is 1.84 bits per heavy atom. The van der Waals surface area contributed by atoms with Crippen LogP contribution in [-0.2, 0) is 4.79 Å². The highest BCUT2D eigenvalue weighted by molar-refractivity contribution is 7.99. The Labute approximate surface area is 149 Å². The van der Waals surface area contributed by atoms with Gasteiger partial charge in [-0.1, -0.05) is 18.2 Å². The third-order valence-corrected chi connectivity index (χ3v) is 4.43. The fourth-order valence-electron chi connectivity index (χ4n) is 2.23. The summed E-state index contributed by atoms with van der Waals surface area (Å²) in [5.74, 6) is 0.0900. The minimum atomic E-state index is -0.136. The van der Waals surface area contributed by atoms with Crippen LogP contribution < -0.4 is 10.00 Å². The maximum absolute atomic E-state index is 12.1. The average molecular weight is 353 g/mol. The second-order valence-corrected chi connectivity index (χ2v) is 6.25. The number of nitrogens with zero attached hydrogens (tertiary/aromatic N) is 2. The molecular formula is C18H17N4O2S+. The van der Waals surface area contributed by atoms with Gasteiger partial charge >= 0.3 is 5.16 Å². The summed E-state index contributed by atoms with van der Waals surface area (Å²) >= 11 is 1.34. The number of aromatic amines is 1. The lowest BCUT2D eigenvalue weighted by Crippen LogP contribution is -2.35. The quantitative estimate of drug-likeness (QED) is 0.406. The number of anilines is 1. The van der Waals surface area contributed by atoms with Crippen LogP contribution in [0.3, 0.4) is 0 Å². The summed E-state index contributed by atoms with van der Waals surface area (Å²) in [6, 6.07) is 16.6. The molecule has 0 fully saturated rings. The van der Waals surface area contributed by atoms with Crippen molar-refractivity contribution in [2.45, 2.75) is 12.1 Å². The van der Waals surface area contributed by atoms with Crippen molar-refractivity contribution in [1.82, 2.24) is 10.1 Å². The first-order valence-corrected chi connectivity index (χ1v) is 8.66. The number of Topliss-reactive ketones (excluding diaryl/α,β-unsaturated/α-hetero) is 1. The first-order valence-electron chi connectivity index (χ1n) is 7.68. The highest BCUT2D eigenvalue weighted by atomic mass is 32.2. The third-order valence-electron chi connectivity index (χ3n) is 3.48. The van der Waals surface area contributed by atoms with E-state index < -0.39 is 0 Å². The number of para-hydroxylation sites is 1. The molecule has 1 aromatic heterocycles. The molecule has 3 aromatic rings. The lowest BCUT2D eigenvalue weighted by atomic mass is 10.1. The number of carbonyl (C=O) groups excluding carboxylic acids is 2. The van der Waals surface area contributed by atoms with Crippen LogP contribution in [0.2, 0.25) is 0 Å². The summed E-state index contributed by atoms with van der Waals surface area (Å²) in [7, 11) is 0. The fraction of sp³-hybridized carbons (Fsp3) is 0.111. The number of nitrogens with one attached hydrogen (secondary N) is 2. The monoisotopic (exact) mass is 353 g/mol. The van der Waals surface area contributed by atoms with Crippen molar-refractivity contribution >= 4 is 29.1 Å². The molecule has 0 aliphatic heterocycles. The number of thioether (sulfide) groups is 1. The molecule has 1 heterocycles. The van der Waals surface area contributed by atoms with Crippen LogP contribution in [0.15, 0.2) is 66.1 Å². The van der Waals surface area contributed by atoms with Crippen molar-refractivity contribution in [2.24, 2.45) is 0 Å². The molecule has 0 aliphatic carbocycles. The number of ketones is 1. The fourth-order valence-corrected chi connectivity index (χ4v) is 2.98. The number of H-pyrrole nitrogens is 1. The lowest BCUT2D eigenvalue weighted by molar-refractivity contribution is -0.694. The van der Waals surface area contributed by atoms with Crippen LogP contribution in [0, 0.1) is 0 Å². The summed E-state index contributed by atoms with van der Waals surface area (Å²) in [4.78, 5) is 27.6. The Morgan fingerprint density at radius 3 is 2.52 bits per heavy atom. The number of carbonyl (C=O) groups is 2. The van der Waals surface area contributed by atoms with Crippen molar-refractivity contribution in [3.63, 3.8) is 0 Å². The number of benzene rings is 2. The van der Waals surface area contributed by atoms with E-state index in [2.05, 4.69) is 15.4 Å². The molecule has 2 aromatic carbocycles. The van der Waals surface area contributed by atoms with Crippen LogP contribution in [-0.4, -0.2) is 27.5 Å². The number of amides is 1. The summed E-state index contributed by atoms with van der Waals surface area (Å²) in [6.07, 6.45) is 1.59. The zero-order chi connectivity index (χ0) is 17.6. The molecule has 25 heavy (non-hydrogen) atoms. The Hall–Kier alpha value is -2.93. The number of aromatic nitrogens is 3. The van der Waals surface area contributed by atoms with Gasteiger partial charge in [0.1, 0.15) is 0 Å². The molecule has 7 heteroatoms. The zero-order valence-corrected chi connectivity index (χ0v) is 14.4. The van der Waals surface area contributed by atoms with Crippen LogP contribution in [0.1, 0.15) is 17.3 Å². The van der Waals surface area contributed by atoms with E-state index in [9.17, 15) is 9.59 Å². The van der Waals surface area contributed by atoms with Gasteiger partial charge in [-0.15, -0.1) is 4.68 Å². The minimum Gasteiger partial charge on any atom is -0.325 e. The molecule has 2 N–H and O–H groups in total. The molecule has 1 amide bonds. The van der Waals surface area contributed by atoms with Gasteiger partial charge in [-0.3, -0.25) is 9.59 Å². The Morgan fingerprint density at radius 1 is 1.12 bits per heavy atom. The van der Waals surface area contributed by atoms with Gasteiger partial charge in [-0.05, 0) is 60.1 Å². The largest absolute Gasteiger partial charge is 0.385 e. The van der Waals surface area contributed by atoms with Gasteiger partial charge in [-0.2, -0.15) is 5.10 Å². The maximum Gasteiger partial charge on any atom is 0.385 e. The van der Waals surface area contributed by atoms with Gasteiger partial charge in [0.15, 0.2) is 11.5 Å². The molecule has 0 atom stereocenters. The standard InChI is InChI=1S/C18H16N4O2S/c1-13(23)14-7-9-15(10-8-14)21-17(24)11-25-18-19-12-20-22(18)16-5-3-2-4-6-16/h2-10,12H,11H2,1H3,(H,21,23,24)/p+1. The normalized spacial score (nSPS) is 10.4. The van der Waals surface area contributed by atoms with E-state index in [1.165, 1.54) is 18.7 Å². The van der Waals surface area contributed by atoms with Gasteiger partial charge in [0.05, 0.1) is 5.75 Å². The zero-order valence-electron chi connectivity index (χ0n) is 13.6. The highest BCUT2D eigenvalue weighted by Crippen LogP contribution is 2.14. The van der Waals surface area contributed by atoms with Crippen LogP contribution in [0.5, 0.6) is 0 Å². The molecule has 0 unspecified atom stereocenters. The van der Waals surface area contributed by atoms with Crippen LogP contribution in [0.4, 0.5) is 5.69 Å². The van der Waals surface area contributed by atoms with Gasteiger partial charge in [0.25, 0.3) is 0 Å². The second-order valence-electron chi connectivity index (χ2n) is 5.31. The van der Waals surface area contributed by atoms with E-state index in [1.807, 2.05) is 35.0 Å². The van der Waals surface area contributed by atoms with Crippen LogP contribution >= 0.6 is 11.8 Å². The van der Waals surface area contributed by atoms with Crippen LogP contribution in [0.25, 0.3) is 5.69 Å². The molecule has 0 saturated heterocycles. The highest BCUT2D eigenvalue weighted by Gasteiger charge is 2.18. The number of rotatable bonds is 6. The van der Waals surface area contributed by atoms with E-state index in [1.54, 1.807) is 30.6 Å². The molecule has 0 aliphatic rings. The van der Waals surface area contributed by atoms with Crippen molar-refractivity contribution in [3.05, 3.63) is 66.5 Å². The Bertz CT molecular complexity index is 876. The van der Waals surface area contributed by atoms with Crippen molar-refractivity contribution < 1.29 is 14.3 Å². The summed E-state index contributed by atoms with van der Waals surface area (Å²) in [6.45, 7) is 1.51. The molecule has 0 radical (unpaired) electrons. The molecule has 126 valence electrons. The molecular weight excluding hydrogens is 336 g/mol. The Balaban J connectivity index is 1.60. The van der Waals surface area contributed by atoms with E-state index >= 15 is 0 Å². The lowest BCUT2D eigenvalue weighted by Gasteiger charge is -2.04. The van der Waals surface area contributed by atoms with E-state index in [4.69, 9.17) is 0 Å². The summed E-state index contributed by atoms with van der Waals surface area (Å²) in [5.41, 5.74) is 2.23. The van der Waals surface area contributed by atoms with Crippen molar-refractivity contribution in [3.8, 4) is 5.69 Å². The minimum absolute atomic E-state index is 0.00238. The van der Waals surface area contributed by atoms with E-state index in [0.717, 1.165) is 5.69 Å². The third kappa shape index (κ3) is 4.33. The number of hydrogen-bond acceptors (Lipinski definition) is 4. The van der Waals surface area contributed by atoms with E-state index in [-0.39, 0.29) is 17.4 Å². The predicted octanol–water partition coefficient (Wildman–Crippen LogP) is 2.62. The summed E-state index contributed by atoms with van der Waals surface area (Å²) in [5, 5.41) is 6.55.